The van der Waals surface area contributed by atoms with E-state index in [4.69, 9.17) is 0 Å². The van der Waals surface area contributed by atoms with Crippen LogP contribution >= 0.6 is 11.8 Å². The van der Waals surface area contributed by atoms with Gasteiger partial charge in [-0.1, -0.05) is 66.4 Å². The summed E-state index contributed by atoms with van der Waals surface area (Å²) < 4.78 is 1.61. The summed E-state index contributed by atoms with van der Waals surface area (Å²) >= 11 is 1.31. The van der Waals surface area contributed by atoms with E-state index in [1.165, 1.54) is 22.9 Å². The van der Waals surface area contributed by atoms with Gasteiger partial charge in [-0.3, -0.25) is 9.36 Å². The SMILES string of the molecule is C[C@H](Sc1n[nH]c(=O)n1CCc1ccccc1)C(=O)N[C@@H]1CCCc2ccccc21. The average molecular weight is 423 g/mol. The van der Waals surface area contributed by atoms with Crippen LogP contribution in [0.5, 0.6) is 0 Å². The third-order valence-electron chi connectivity index (χ3n) is 5.53. The van der Waals surface area contributed by atoms with Crippen LogP contribution in [0.25, 0.3) is 0 Å². The van der Waals surface area contributed by atoms with E-state index in [0.717, 1.165) is 31.2 Å². The van der Waals surface area contributed by atoms with Gasteiger partial charge in [0.05, 0.1) is 11.3 Å². The Morgan fingerprint density at radius 2 is 2.00 bits per heavy atom. The highest BCUT2D eigenvalue weighted by molar-refractivity contribution is 8.00. The molecule has 7 heteroatoms. The van der Waals surface area contributed by atoms with Gasteiger partial charge in [0.2, 0.25) is 5.91 Å². The Balaban J connectivity index is 1.40. The van der Waals surface area contributed by atoms with Crippen LogP contribution in [0.2, 0.25) is 0 Å². The van der Waals surface area contributed by atoms with E-state index in [2.05, 4.69) is 27.6 Å². The summed E-state index contributed by atoms with van der Waals surface area (Å²) in [5, 5.41) is 10.0. The number of rotatable bonds is 7. The molecule has 1 heterocycles. The number of H-pyrrole nitrogens is 1. The number of aromatic nitrogens is 3. The van der Waals surface area contributed by atoms with Gasteiger partial charge in [0.1, 0.15) is 0 Å². The normalized spacial score (nSPS) is 16.6. The van der Waals surface area contributed by atoms with E-state index in [1.54, 1.807) is 4.57 Å². The van der Waals surface area contributed by atoms with Crippen molar-refractivity contribution in [1.29, 1.82) is 0 Å². The molecule has 0 aliphatic heterocycles. The van der Waals surface area contributed by atoms with Crippen LogP contribution < -0.4 is 11.0 Å². The molecular weight excluding hydrogens is 396 g/mol. The molecule has 2 N–H and O–H groups in total. The van der Waals surface area contributed by atoms with Crippen molar-refractivity contribution < 1.29 is 4.79 Å². The first-order chi connectivity index (χ1) is 14.6. The maximum Gasteiger partial charge on any atom is 0.343 e. The Hall–Kier alpha value is -2.80. The molecule has 3 aromatic rings. The van der Waals surface area contributed by atoms with E-state index in [0.29, 0.717) is 11.7 Å². The number of thioether (sulfide) groups is 1. The van der Waals surface area contributed by atoms with Gasteiger partial charge in [-0.05, 0) is 49.3 Å². The molecule has 0 saturated heterocycles. The molecule has 0 saturated carbocycles. The van der Waals surface area contributed by atoms with Gasteiger partial charge >= 0.3 is 5.69 Å². The molecule has 1 aliphatic rings. The standard InChI is InChI=1S/C23H26N4O2S/c1-16(21(28)24-20-13-7-11-18-10-5-6-12-19(18)20)30-23-26-25-22(29)27(23)15-14-17-8-3-2-4-9-17/h2-6,8-10,12,16,20H,7,11,13-15H2,1H3,(H,24,28)(H,25,29)/t16-,20+/m0/s1. The molecule has 0 bridgehead atoms. The summed E-state index contributed by atoms with van der Waals surface area (Å²) in [6.07, 6.45) is 3.81. The van der Waals surface area contributed by atoms with E-state index < -0.39 is 0 Å². The fourth-order valence-electron chi connectivity index (χ4n) is 3.88. The molecule has 30 heavy (non-hydrogen) atoms. The number of nitrogens with one attached hydrogen (secondary N) is 2. The lowest BCUT2D eigenvalue weighted by atomic mass is 9.88. The van der Waals surface area contributed by atoms with Crippen molar-refractivity contribution >= 4 is 17.7 Å². The molecule has 0 radical (unpaired) electrons. The average Bonchev–Trinajstić information content (AvgIpc) is 3.12. The number of aromatic amines is 1. The number of carbonyl (C=O) groups excluding carboxylic acids is 1. The number of hydrogen-bond acceptors (Lipinski definition) is 4. The minimum Gasteiger partial charge on any atom is -0.348 e. The number of hydrogen-bond donors (Lipinski definition) is 2. The van der Waals surface area contributed by atoms with Crippen molar-refractivity contribution in [3.63, 3.8) is 0 Å². The van der Waals surface area contributed by atoms with E-state index in [1.807, 2.05) is 49.4 Å². The first-order valence-electron chi connectivity index (χ1n) is 10.4. The van der Waals surface area contributed by atoms with E-state index >= 15 is 0 Å². The molecule has 0 unspecified atom stereocenters. The maximum absolute atomic E-state index is 12.9. The lowest BCUT2D eigenvalue weighted by Gasteiger charge is -2.27. The third-order valence-corrected chi connectivity index (χ3v) is 6.62. The third kappa shape index (κ3) is 4.67. The van der Waals surface area contributed by atoms with Crippen LogP contribution in [0.1, 0.15) is 42.5 Å². The largest absolute Gasteiger partial charge is 0.348 e. The molecule has 156 valence electrons. The predicted octanol–water partition coefficient (Wildman–Crippen LogP) is 3.49. The van der Waals surface area contributed by atoms with Gasteiger partial charge in [0.15, 0.2) is 5.16 Å². The molecule has 1 aliphatic carbocycles. The molecule has 1 amide bonds. The van der Waals surface area contributed by atoms with Crippen LogP contribution in [0.3, 0.4) is 0 Å². The smallest absolute Gasteiger partial charge is 0.343 e. The molecule has 2 aromatic carbocycles. The van der Waals surface area contributed by atoms with Crippen LogP contribution in [-0.2, 0) is 24.2 Å². The molecule has 4 rings (SSSR count). The van der Waals surface area contributed by atoms with Gasteiger partial charge in [0.25, 0.3) is 0 Å². The fourth-order valence-corrected chi connectivity index (χ4v) is 4.77. The van der Waals surface area contributed by atoms with Crippen molar-refractivity contribution in [3.8, 4) is 0 Å². The Labute approximate surface area is 180 Å². The Morgan fingerprint density at radius 3 is 2.83 bits per heavy atom. The fraction of sp³-hybridized carbons (Fsp3) is 0.348. The van der Waals surface area contributed by atoms with Gasteiger partial charge in [-0.25, -0.2) is 9.89 Å². The Morgan fingerprint density at radius 1 is 1.23 bits per heavy atom. The lowest BCUT2D eigenvalue weighted by molar-refractivity contribution is -0.121. The summed E-state index contributed by atoms with van der Waals surface area (Å²) in [6.45, 7) is 2.38. The van der Waals surface area contributed by atoms with Crippen molar-refractivity contribution in [2.75, 3.05) is 0 Å². The highest BCUT2D eigenvalue weighted by Gasteiger charge is 2.25. The van der Waals surface area contributed by atoms with Gasteiger partial charge in [-0.15, -0.1) is 5.10 Å². The molecule has 6 nitrogen and oxygen atoms in total. The highest BCUT2D eigenvalue weighted by Crippen LogP contribution is 2.30. The Kier molecular flexibility index (Phi) is 6.38. The molecule has 0 fully saturated rings. The van der Waals surface area contributed by atoms with Crippen LogP contribution in [0.15, 0.2) is 64.5 Å². The van der Waals surface area contributed by atoms with Crippen LogP contribution in [-0.4, -0.2) is 25.9 Å². The summed E-state index contributed by atoms with van der Waals surface area (Å²) in [5.41, 5.74) is 3.44. The van der Waals surface area contributed by atoms with Crippen LogP contribution in [0, 0.1) is 0 Å². The summed E-state index contributed by atoms with van der Waals surface area (Å²) in [6, 6.07) is 18.4. The molecule has 2 atom stereocenters. The zero-order valence-electron chi connectivity index (χ0n) is 17.0. The monoisotopic (exact) mass is 422 g/mol. The van der Waals surface area contributed by atoms with Crippen molar-refractivity contribution in [2.24, 2.45) is 0 Å². The molecular formula is C23H26N4O2S. The van der Waals surface area contributed by atoms with Crippen LogP contribution in [0.4, 0.5) is 0 Å². The summed E-state index contributed by atoms with van der Waals surface area (Å²) in [4.78, 5) is 25.1. The first-order valence-corrected chi connectivity index (χ1v) is 11.2. The topological polar surface area (TPSA) is 79.8 Å². The van der Waals surface area contributed by atoms with E-state index in [-0.39, 0.29) is 22.9 Å². The zero-order chi connectivity index (χ0) is 20.9. The van der Waals surface area contributed by atoms with Crippen molar-refractivity contribution in [2.45, 2.75) is 55.6 Å². The maximum atomic E-state index is 12.9. The molecule has 1 aromatic heterocycles. The minimum absolute atomic E-state index is 0.0354. The number of amides is 1. The van der Waals surface area contributed by atoms with Crippen molar-refractivity contribution in [1.82, 2.24) is 20.1 Å². The highest BCUT2D eigenvalue weighted by atomic mass is 32.2. The number of carbonyl (C=O) groups is 1. The van der Waals surface area contributed by atoms with Gasteiger partial charge < -0.3 is 5.32 Å². The second kappa shape index (κ2) is 9.34. The summed E-state index contributed by atoms with van der Waals surface area (Å²) in [7, 11) is 0. The van der Waals surface area contributed by atoms with Gasteiger partial charge in [-0.2, -0.15) is 0 Å². The minimum atomic E-state index is -0.357. The quantitative estimate of drug-likeness (QED) is 0.571. The second-order valence-corrected chi connectivity index (χ2v) is 8.92. The summed E-state index contributed by atoms with van der Waals surface area (Å²) in [5.74, 6) is -0.0354. The Bertz CT molecular complexity index is 1060. The number of benzene rings is 2. The second-order valence-electron chi connectivity index (χ2n) is 7.61. The van der Waals surface area contributed by atoms with E-state index in [9.17, 15) is 9.59 Å². The molecule has 0 spiro atoms. The zero-order valence-corrected chi connectivity index (χ0v) is 17.8. The number of aryl methyl sites for hydroxylation is 2. The van der Waals surface area contributed by atoms with Gasteiger partial charge in [0, 0.05) is 6.54 Å². The van der Waals surface area contributed by atoms with Crippen molar-refractivity contribution in [3.05, 3.63) is 81.8 Å². The number of nitrogens with zero attached hydrogens (tertiary/aromatic N) is 2. The predicted molar refractivity (Wildman–Crippen MR) is 119 cm³/mol. The number of fused-ring (bicyclic) bond motifs is 1. The first kappa shape index (κ1) is 20.5. The lowest BCUT2D eigenvalue weighted by Crippen LogP contribution is -2.36.